The van der Waals surface area contributed by atoms with Crippen molar-refractivity contribution < 1.29 is 9.59 Å². The highest BCUT2D eigenvalue weighted by Crippen LogP contribution is 2.32. The van der Waals surface area contributed by atoms with Crippen LogP contribution in [0.5, 0.6) is 0 Å². The first-order valence-electron chi connectivity index (χ1n) is 8.58. The fourth-order valence-corrected chi connectivity index (χ4v) is 3.80. The van der Waals surface area contributed by atoms with Crippen LogP contribution in [0.4, 0.5) is 0 Å². The molecule has 2 fully saturated rings. The number of amides is 2. The smallest absolute Gasteiger partial charge is 0.246 e. The molecule has 5 atom stereocenters. The van der Waals surface area contributed by atoms with Crippen LogP contribution in [0.1, 0.15) is 59.8 Å². The van der Waals surface area contributed by atoms with E-state index in [4.69, 9.17) is 0 Å². The average molecular weight is 294 g/mol. The molecule has 1 aliphatic carbocycles. The quantitative estimate of drug-likeness (QED) is 0.847. The monoisotopic (exact) mass is 294 g/mol. The first-order chi connectivity index (χ1) is 9.97. The molecule has 0 radical (unpaired) electrons. The lowest BCUT2D eigenvalue weighted by molar-refractivity contribution is -0.151. The summed E-state index contributed by atoms with van der Waals surface area (Å²) >= 11 is 0. The lowest BCUT2D eigenvalue weighted by Crippen LogP contribution is -2.65. The second kappa shape index (κ2) is 6.80. The third-order valence-corrected chi connectivity index (χ3v) is 5.38. The lowest BCUT2D eigenvalue weighted by Gasteiger charge is -2.41. The van der Waals surface area contributed by atoms with Crippen LogP contribution < -0.4 is 5.32 Å². The van der Waals surface area contributed by atoms with Gasteiger partial charge in [-0.05, 0) is 37.0 Å². The predicted octanol–water partition coefficient (Wildman–Crippen LogP) is 2.57. The van der Waals surface area contributed by atoms with Gasteiger partial charge in [-0.3, -0.25) is 9.59 Å². The maximum Gasteiger partial charge on any atom is 0.246 e. The molecule has 2 aliphatic rings. The van der Waals surface area contributed by atoms with Crippen molar-refractivity contribution in [2.75, 3.05) is 6.54 Å². The second-order valence-electron chi connectivity index (χ2n) is 7.07. The van der Waals surface area contributed by atoms with Gasteiger partial charge in [0.1, 0.15) is 12.1 Å². The maximum atomic E-state index is 12.8. The molecule has 0 bridgehead atoms. The summed E-state index contributed by atoms with van der Waals surface area (Å²) in [7, 11) is 0. The maximum absolute atomic E-state index is 12.8. The van der Waals surface area contributed by atoms with Gasteiger partial charge in [0.2, 0.25) is 11.8 Å². The number of carbonyl (C=O) groups is 2. The fourth-order valence-electron chi connectivity index (χ4n) is 3.80. The summed E-state index contributed by atoms with van der Waals surface area (Å²) < 4.78 is 0. The Balaban J connectivity index is 2.12. The van der Waals surface area contributed by atoms with E-state index in [0.717, 1.165) is 18.9 Å². The Bertz CT molecular complexity index is 396. The van der Waals surface area contributed by atoms with E-state index in [1.165, 1.54) is 19.3 Å². The van der Waals surface area contributed by atoms with Crippen LogP contribution in [0.2, 0.25) is 0 Å². The minimum atomic E-state index is -0.330. The highest BCUT2D eigenvalue weighted by molar-refractivity contribution is 5.97. The molecule has 4 heteroatoms. The highest BCUT2D eigenvalue weighted by Gasteiger charge is 2.42. The molecule has 4 nitrogen and oxygen atoms in total. The minimum absolute atomic E-state index is 0.0356. The summed E-state index contributed by atoms with van der Waals surface area (Å²) in [5.41, 5.74) is 0. The number of hydrogen-bond acceptors (Lipinski definition) is 2. The standard InChI is InChI=1S/C17H30N2O2/c1-5-12(4)15-17(21)19(14(6-2)16(20)18-15)10-13-8-7-11(3)9-13/h11-15H,5-10H2,1-4H3,(H,18,20). The third-order valence-electron chi connectivity index (χ3n) is 5.38. The molecule has 21 heavy (non-hydrogen) atoms. The Hall–Kier alpha value is -1.06. The van der Waals surface area contributed by atoms with Gasteiger partial charge in [0.25, 0.3) is 0 Å². The molecule has 0 aromatic carbocycles. The zero-order chi connectivity index (χ0) is 15.6. The van der Waals surface area contributed by atoms with Crippen LogP contribution in [-0.2, 0) is 9.59 Å². The van der Waals surface area contributed by atoms with E-state index in [-0.39, 0.29) is 29.8 Å². The van der Waals surface area contributed by atoms with Gasteiger partial charge in [0.15, 0.2) is 0 Å². The second-order valence-corrected chi connectivity index (χ2v) is 7.07. The Labute approximate surface area is 128 Å². The van der Waals surface area contributed by atoms with Crippen molar-refractivity contribution in [2.45, 2.75) is 71.9 Å². The molecule has 0 aromatic rings. The first kappa shape index (κ1) is 16.3. The van der Waals surface area contributed by atoms with Gasteiger partial charge in [-0.25, -0.2) is 0 Å². The molecule has 120 valence electrons. The molecule has 5 unspecified atom stereocenters. The van der Waals surface area contributed by atoms with E-state index >= 15 is 0 Å². The van der Waals surface area contributed by atoms with Gasteiger partial charge in [0, 0.05) is 6.54 Å². The van der Waals surface area contributed by atoms with Crippen molar-refractivity contribution in [1.82, 2.24) is 10.2 Å². The molecular formula is C17H30N2O2. The summed E-state index contributed by atoms with van der Waals surface area (Å²) in [6.45, 7) is 9.15. The third kappa shape index (κ3) is 3.41. The number of piperazine rings is 1. The number of carbonyl (C=O) groups excluding carboxylic acids is 2. The molecule has 1 saturated carbocycles. The fraction of sp³-hybridized carbons (Fsp3) is 0.882. The van der Waals surface area contributed by atoms with E-state index in [1.54, 1.807) is 0 Å². The zero-order valence-corrected chi connectivity index (χ0v) is 13.9. The number of rotatable bonds is 5. The van der Waals surface area contributed by atoms with Crippen LogP contribution in [0.3, 0.4) is 0 Å². The molecule has 1 aliphatic heterocycles. The van der Waals surface area contributed by atoms with Crippen LogP contribution in [0.15, 0.2) is 0 Å². The highest BCUT2D eigenvalue weighted by atomic mass is 16.2. The number of hydrogen-bond donors (Lipinski definition) is 1. The SMILES string of the molecule is CCC(C)C1NC(=O)C(CC)N(CC2CCC(C)C2)C1=O. The molecule has 0 spiro atoms. The normalized spacial score (nSPS) is 35.0. The Morgan fingerprint density at radius 2 is 2.00 bits per heavy atom. The topological polar surface area (TPSA) is 49.4 Å². The summed E-state index contributed by atoms with van der Waals surface area (Å²) in [4.78, 5) is 27.1. The zero-order valence-electron chi connectivity index (χ0n) is 13.9. The first-order valence-corrected chi connectivity index (χ1v) is 8.58. The van der Waals surface area contributed by atoms with Gasteiger partial charge >= 0.3 is 0 Å². The van der Waals surface area contributed by atoms with E-state index in [2.05, 4.69) is 19.2 Å². The molecule has 1 saturated heterocycles. The van der Waals surface area contributed by atoms with Crippen LogP contribution in [-0.4, -0.2) is 35.3 Å². The summed E-state index contributed by atoms with van der Waals surface area (Å²) in [5, 5.41) is 2.95. The van der Waals surface area contributed by atoms with Gasteiger partial charge in [-0.2, -0.15) is 0 Å². The van der Waals surface area contributed by atoms with Crippen molar-refractivity contribution in [3.63, 3.8) is 0 Å². The lowest BCUT2D eigenvalue weighted by atomic mass is 9.92. The molecule has 1 N–H and O–H groups in total. The summed E-state index contributed by atoms with van der Waals surface area (Å²) in [6.07, 6.45) is 5.24. The molecule has 2 amide bonds. The van der Waals surface area contributed by atoms with Gasteiger partial charge in [-0.15, -0.1) is 0 Å². The molecular weight excluding hydrogens is 264 g/mol. The average Bonchev–Trinajstić information content (AvgIpc) is 2.87. The van der Waals surface area contributed by atoms with Crippen molar-refractivity contribution in [1.29, 1.82) is 0 Å². The Morgan fingerprint density at radius 3 is 2.52 bits per heavy atom. The Kier molecular flexibility index (Phi) is 5.28. The van der Waals surface area contributed by atoms with E-state index < -0.39 is 0 Å². The molecule has 2 rings (SSSR count). The summed E-state index contributed by atoms with van der Waals surface area (Å²) in [5.74, 6) is 1.70. The van der Waals surface area contributed by atoms with Gasteiger partial charge in [-0.1, -0.05) is 40.5 Å². The largest absolute Gasteiger partial charge is 0.342 e. The van der Waals surface area contributed by atoms with E-state index in [1.807, 2.05) is 18.7 Å². The van der Waals surface area contributed by atoms with E-state index in [9.17, 15) is 9.59 Å². The van der Waals surface area contributed by atoms with Crippen LogP contribution >= 0.6 is 0 Å². The van der Waals surface area contributed by atoms with Crippen molar-refractivity contribution in [3.05, 3.63) is 0 Å². The summed E-state index contributed by atoms with van der Waals surface area (Å²) in [6, 6.07) is -0.599. The van der Waals surface area contributed by atoms with E-state index in [0.29, 0.717) is 12.3 Å². The number of nitrogens with one attached hydrogen (secondary N) is 1. The van der Waals surface area contributed by atoms with Crippen molar-refractivity contribution in [3.8, 4) is 0 Å². The predicted molar refractivity (Wildman–Crippen MR) is 83.7 cm³/mol. The molecule has 1 heterocycles. The van der Waals surface area contributed by atoms with Gasteiger partial charge in [0.05, 0.1) is 0 Å². The van der Waals surface area contributed by atoms with Crippen molar-refractivity contribution >= 4 is 11.8 Å². The number of nitrogens with zero attached hydrogens (tertiary/aromatic N) is 1. The van der Waals surface area contributed by atoms with Crippen LogP contribution in [0.25, 0.3) is 0 Å². The minimum Gasteiger partial charge on any atom is -0.342 e. The van der Waals surface area contributed by atoms with Gasteiger partial charge < -0.3 is 10.2 Å². The van der Waals surface area contributed by atoms with Crippen molar-refractivity contribution in [2.24, 2.45) is 17.8 Å². The molecule has 0 aromatic heterocycles. The van der Waals surface area contributed by atoms with Crippen LogP contribution in [0, 0.1) is 17.8 Å². The Morgan fingerprint density at radius 1 is 1.29 bits per heavy atom.